The van der Waals surface area contributed by atoms with E-state index in [0.29, 0.717) is 28.8 Å². The van der Waals surface area contributed by atoms with Crippen LogP contribution in [0.5, 0.6) is 0 Å². The fraction of sp³-hybridized carbons (Fsp3) is 0.118. The number of hydrogen-bond donors (Lipinski definition) is 1. The number of aromatic nitrogens is 4. The molecule has 25 heavy (non-hydrogen) atoms. The minimum absolute atomic E-state index is 0.0975. The van der Waals surface area contributed by atoms with Crippen molar-refractivity contribution < 1.29 is 4.79 Å². The lowest BCUT2D eigenvalue weighted by Crippen LogP contribution is -2.31. The Morgan fingerprint density at radius 2 is 1.96 bits per heavy atom. The van der Waals surface area contributed by atoms with Crippen LogP contribution in [0.25, 0.3) is 21.3 Å². The van der Waals surface area contributed by atoms with Crippen LogP contribution < -0.4 is 10.9 Å². The molecule has 3 aromatic heterocycles. The Kier molecular flexibility index (Phi) is 3.95. The third-order valence-electron chi connectivity index (χ3n) is 3.76. The Morgan fingerprint density at radius 1 is 1.12 bits per heavy atom. The van der Waals surface area contributed by atoms with Gasteiger partial charge in [-0.1, -0.05) is 12.1 Å². The smallest absolute Gasteiger partial charge is 0.271 e. The van der Waals surface area contributed by atoms with Crippen molar-refractivity contribution in [1.82, 2.24) is 24.8 Å². The lowest BCUT2D eigenvalue weighted by molar-refractivity contribution is 0.0947. The van der Waals surface area contributed by atoms with Crippen molar-refractivity contribution in [2.24, 2.45) is 0 Å². The van der Waals surface area contributed by atoms with E-state index < -0.39 is 0 Å². The monoisotopic (exact) mass is 351 g/mol. The molecule has 0 fully saturated rings. The molecule has 0 atom stereocenters. The van der Waals surface area contributed by atoms with Crippen LogP contribution in [0.4, 0.5) is 0 Å². The molecule has 8 heteroatoms. The fourth-order valence-corrected chi connectivity index (χ4v) is 3.28. The van der Waals surface area contributed by atoms with Gasteiger partial charge in [0.1, 0.15) is 10.4 Å². The molecule has 7 nitrogen and oxygen atoms in total. The first-order chi connectivity index (χ1) is 12.2. The van der Waals surface area contributed by atoms with Gasteiger partial charge in [-0.15, -0.1) is 11.3 Å². The van der Waals surface area contributed by atoms with E-state index in [4.69, 9.17) is 0 Å². The van der Waals surface area contributed by atoms with Crippen molar-refractivity contribution in [2.45, 2.75) is 6.54 Å². The normalized spacial score (nSPS) is 11.0. The van der Waals surface area contributed by atoms with E-state index in [1.165, 1.54) is 28.4 Å². The predicted octanol–water partition coefficient (Wildman–Crippen LogP) is 1.83. The van der Waals surface area contributed by atoms with Crippen LogP contribution in [0.15, 0.2) is 53.0 Å². The standard InChI is InChI=1S/C17H13N5O2S/c23-16(14-9-19-11-3-1-2-4-12(11)21-14)18-6-7-22-10-20-13-5-8-25-15(13)17(22)24/h1-5,8-10H,6-7H2,(H,18,23). The Bertz CT molecular complexity index is 1130. The first-order valence-corrected chi connectivity index (χ1v) is 8.53. The predicted molar refractivity (Wildman–Crippen MR) is 95.8 cm³/mol. The number of fused-ring (bicyclic) bond motifs is 2. The van der Waals surface area contributed by atoms with Gasteiger partial charge in [0.25, 0.3) is 11.5 Å². The van der Waals surface area contributed by atoms with Crippen LogP contribution in [0.1, 0.15) is 10.5 Å². The van der Waals surface area contributed by atoms with E-state index in [1.807, 2.05) is 29.6 Å². The molecule has 0 radical (unpaired) electrons. The van der Waals surface area contributed by atoms with Gasteiger partial charge < -0.3 is 5.32 Å². The van der Waals surface area contributed by atoms with Crippen molar-refractivity contribution >= 4 is 38.5 Å². The van der Waals surface area contributed by atoms with Crippen molar-refractivity contribution in [3.8, 4) is 0 Å². The Labute approximate surface area is 146 Å². The van der Waals surface area contributed by atoms with Crippen LogP contribution >= 0.6 is 11.3 Å². The molecule has 0 saturated carbocycles. The molecule has 4 aromatic rings. The summed E-state index contributed by atoms with van der Waals surface area (Å²) in [4.78, 5) is 37.3. The molecule has 0 unspecified atom stereocenters. The Balaban J connectivity index is 1.45. The molecular weight excluding hydrogens is 338 g/mol. The lowest BCUT2D eigenvalue weighted by atomic mass is 10.3. The first kappa shape index (κ1) is 15.4. The second-order valence-electron chi connectivity index (χ2n) is 5.38. The maximum atomic E-state index is 12.3. The van der Waals surface area contributed by atoms with Gasteiger partial charge in [-0.05, 0) is 23.6 Å². The molecule has 124 valence electrons. The maximum absolute atomic E-state index is 12.3. The summed E-state index contributed by atoms with van der Waals surface area (Å²) < 4.78 is 2.11. The minimum Gasteiger partial charge on any atom is -0.349 e. The molecule has 3 heterocycles. The van der Waals surface area contributed by atoms with E-state index in [2.05, 4.69) is 20.3 Å². The van der Waals surface area contributed by atoms with Gasteiger partial charge in [0.05, 0.1) is 29.1 Å². The quantitative estimate of drug-likeness (QED) is 0.606. The average Bonchev–Trinajstić information content (AvgIpc) is 3.12. The lowest BCUT2D eigenvalue weighted by Gasteiger charge is -2.07. The van der Waals surface area contributed by atoms with Gasteiger partial charge in [0.15, 0.2) is 0 Å². The summed E-state index contributed by atoms with van der Waals surface area (Å²) in [5.74, 6) is -0.323. The number of benzene rings is 1. The number of hydrogen-bond acceptors (Lipinski definition) is 6. The van der Waals surface area contributed by atoms with Gasteiger partial charge in [0.2, 0.25) is 0 Å². The van der Waals surface area contributed by atoms with E-state index >= 15 is 0 Å². The first-order valence-electron chi connectivity index (χ1n) is 7.65. The maximum Gasteiger partial charge on any atom is 0.271 e. The van der Waals surface area contributed by atoms with Crippen molar-refractivity contribution in [1.29, 1.82) is 0 Å². The minimum atomic E-state index is -0.323. The zero-order valence-corrected chi connectivity index (χ0v) is 13.9. The van der Waals surface area contributed by atoms with E-state index in [0.717, 1.165) is 5.52 Å². The summed E-state index contributed by atoms with van der Waals surface area (Å²) in [6, 6.07) is 9.17. The zero-order valence-electron chi connectivity index (χ0n) is 13.0. The average molecular weight is 351 g/mol. The summed E-state index contributed by atoms with van der Waals surface area (Å²) in [7, 11) is 0. The van der Waals surface area contributed by atoms with Gasteiger partial charge in [-0.3, -0.25) is 19.1 Å². The highest BCUT2D eigenvalue weighted by atomic mass is 32.1. The highest BCUT2D eigenvalue weighted by Gasteiger charge is 2.09. The number of carbonyl (C=O) groups is 1. The largest absolute Gasteiger partial charge is 0.349 e. The molecule has 0 aliphatic carbocycles. The third-order valence-corrected chi connectivity index (χ3v) is 4.65. The van der Waals surface area contributed by atoms with Crippen LogP contribution in [0.3, 0.4) is 0 Å². The third kappa shape index (κ3) is 2.99. The summed E-state index contributed by atoms with van der Waals surface area (Å²) in [6.45, 7) is 0.637. The van der Waals surface area contributed by atoms with E-state index in [9.17, 15) is 9.59 Å². The molecule has 0 aliphatic rings. The topological polar surface area (TPSA) is 89.8 Å². The summed E-state index contributed by atoms with van der Waals surface area (Å²) >= 11 is 1.36. The molecule has 1 aromatic carbocycles. The van der Waals surface area contributed by atoms with Gasteiger partial charge in [0, 0.05) is 13.1 Å². The molecule has 0 bridgehead atoms. The molecule has 0 aliphatic heterocycles. The number of nitrogens with zero attached hydrogens (tertiary/aromatic N) is 4. The fourth-order valence-electron chi connectivity index (χ4n) is 2.49. The summed E-state index contributed by atoms with van der Waals surface area (Å²) in [5.41, 5.74) is 2.25. The van der Waals surface area contributed by atoms with Crippen LogP contribution in [-0.2, 0) is 6.54 Å². The number of thiophene rings is 1. The molecule has 1 amide bonds. The van der Waals surface area contributed by atoms with Crippen LogP contribution in [0.2, 0.25) is 0 Å². The van der Waals surface area contributed by atoms with Gasteiger partial charge in [-0.2, -0.15) is 0 Å². The summed E-state index contributed by atoms with van der Waals surface area (Å²) in [6.07, 6.45) is 2.95. The number of nitrogens with one attached hydrogen (secondary N) is 1. The SMILES string of the molecule is O=C(NCCn1cnc2ccsc2c1=O)c1cnc2ccccc2n1. The number of carbonyl (C=O) groups excluding carboxylic acids is 1. The second kappa shape index (κ2) is 6.40. The van der Waals surface area contributed by atoms with Gasteiger partial charge >= 0.3 is 0 Å². The second-order valence-corrected chi connectivity index (χ2v) is 6.29. The zero-order chi connectivity index (χ0) is 17.2. The van der Waals surface area contributed by atoms with Crippen molar-refractivity contribution in [3.63, 3.8) is 0 Å². The molecular formula is C17H13N5O2S. The van der Waals surface area contributed by atoms with Crippen LogP contribution in [-0.4, -0.2) is 32.0 Å². The summed E-state index contributed by atoms with van der Waals surface area (Å²) in [5, 5.41) is 4.59. The molecule has 0 saturated heterocycles. The molecule has 0 spiro atoms. The number of amides is 1. The Hall–Kier alpha value is -3.13. The number of para-hydroxylation sites is 2. The highest BCUT2D eigenvalue weighted by molar-refractivity contribution is 7.17. The molecule has 4 rings (SSSR count). The van der Waals surface area contributed by atoms with Gasteiger partial charge in [-0.25, -0.2) is 9.97 Å². The number of rotatable bonds is 4. The molecule has 1 N–H and O–H groups in total. The van der Waals surface area contributed by atoms with E-state index in [1.54, 1.807) is 6.07 Å². The Morgan fingerprint density at radius 3 is 2.84 bits per heavy atom. The highest BCUT2D eigenvalue weighted by Crippen LogP contribution is 2.13. The van der Waals surface area contributed by atoms with Crippen molar-refractivity contribution in [3.05, 3.63) is 64.3 Å². The van der Waals surface area contributed by atoms with Crippen molar-refractivity contribution in [2.75, 3.05) is 6.54 Å². The van der Waals surface area contributed by atoms with E-state index in [-0.39, 0.29) is 17.2 Å². The van der Waals surface area contributed by atoms with Crippen LogP contribution in [0, 0.1) is 0 Å².